The highest BCUT2D eigenvalue weighted by Crippen LogP contribution is 2.22. The van der Waals surface area contributed by atoms with Crippen molar-refractivity contribution in [3.8, 4) is 11.3 Å². The van der Waals surface area contributed by atoms with Crippen LogP contribution in [0.3, 0.4) is 0 Å². The number of hydrogen-bond donors (Lipinski definition) is 2. The Morgan fingerprint density at radius 3 is 2.86 bits per heavy atom. The van der Waals surface area contributed by atoms with E-state index in [1.165, 1.54) is 12.3 Å². The number of rotatable bonds is 3. The van der Waals surface area contributed by atoms with Gasteiger partial charge in [-0.3, -0.25) is 9.69 Å². The van der Waals surface area contributed by atoms with E-state index < -0.39 is 6.03 Å². The highest BCUT2D eigenvalue weighted by molar-refractivity contribution is 6.01. The van der Waals surface area contributed by atoms with Crippen molar-refractivity contribution in [3.63, 3.8) is 0 Å². The predicted molar refractivity (Wildman–Crippen MR) is 72.7 cm³/mol. The number of carbonyl (C=O) groups is 2. The lowest BCUT2D eigenvalue weighted by atomic mass is 10.1. The Hall–Kier alpha value is -2.70. The van der Waals surface area contributed by atoms with Gasteiger partial charge in [0, 0.05) is 5.56 Å². The van der Waals surface area contributed by atoms with Gasteiger partial charge in [-0.15, -0.1) is 0 Å². The van der Waals surface area contributed by atoms with Gasteiger partial charge in [0.1, 0.15) is 11.6 Å². The number of amides is 3. The third kappa shape index (κ3) is 2.49. The van der Waals surface area contributed by atoms with Crippen molar-refractivity contribution in [2.75, 3.05) is 6.54 Å². The van der Waals surface area contributed by atoms with Crippen molar-refractivity contribution in [3.05, 3.63) is 41.6 Å². The average molecular weight is 288 g/mol. The van der Waals surface area contributed by atoms with E-state index in [9.17, 15) is 14.0 Å². The van der Waals surface area contributed by atoms with Crippen molar-refractivity contribution < 1.29 is 14.0 Å². The zero-order valence-electron chi connectivity index (χ0n) is 11.3. The Morgan fingerprint density at radius 2 is 2.19 bits per heavy atom. The van der Waals surface area contributed by atoms with E-state index in [0.717, 1.165) is 10.5 Å². The number of nitrogens with one attached hydrogen (secondary N) is 2. The lowest BCUT2D eigenvalue weighted by Gasteiger charge is -2.09. The second-order valence-corrected chi connectivity index (χ2v) is 4.87. The molecule has 2 heterocycles. The molecule has 2 aromatic rings. The summed E-state index contributed by atoms with van der Waals surface area (Å²) in [6, 6.07) is 4.46. The van der Waals surface area contributed by atoms with Crippen LogP contribution >= 0.6 is 0 Å². The minimum atomic E-state index is -0.445. The Balaban J connectivity index is 1.83. The average Bonchev–Trinajstić information content (AvgIpc) is 3.01. The fraction of sp³-hybridized carbons (Fsp3) is 0.214. The maximum Gasteiger partial charge on any atom is 0.325 e. The van der Waals surface area contributed by atoms with Gasteiger partial charge in [-0.2, -0.15) is 0 Å². The molecule has 3 amide bonds. The zero-order valence-corrected chi connectivity index (χ0v) is 11.3. The van der Waals surface area contributed by atoms with Crippen molar-refractivity contribution in [1.29, 1.82) is 0 Å². The van der Waals surface area contributed by atoms with Crippen LogP contribution in [0.15, 0.2) is 24.4 Å². The first-order chi connectivity index (χ1) is 10.0. The molecule has 1 aromatic carbocycles. The predicted octanol–water partition coefficient (Wildman–Crippen LogP) is 1.58. The zero-order chi connectivity index (χ0) is 15.0. The number of urea groups is 1. The number of aryl methyl sites for hydroxylation is 1. The van der Waals surface area contributed by atoms with Crippen molar-refractivity contribution in [1.82, 2.24) is 20.2 Å². The maximum atomic E-state index is 13.9. The topological polar surface area (TPSA) is 78.1 Å². The molecule has 3 rings (SSSR count). The molecule has 0 unspecified atom stereocenters. The van der Waals surface area contributed by atoms with Crippen molar-refractivity contribution in [2.24, 2.45) is 0 Å². The van der Waals surface area contributed by atoms with Gasteiger partial charge in [-0.1, -0.05) is 6.07 Å². The summed E-state index contributed by atoms with van der Waals surface area (Å²) in [5.74, 6) is -0.227. The number of aromatic nitrogens is 2. The highest BCUT2D eigenvalue weighted by Gasteiger charge is 2.29. The molecule has 0 saturated carbocycles. The summed E-state index contributed by atoms with van der Waals surface area (Å²) < 4.78 is 13.9. The van der Waals surface area contributed by atoms with E-state index in [0.29, 0.717) is 17.1 Å². The molecule has 0 radical (unpaired) electrons. The fourth-order valence-corrected chi connectivity index (χ4v) is 2.18. The molecule has 1 aliphatic heterocycles. The second-order valence-electron chi connectivity index (χ2n) is 4.87. The number of imide groups is 1. The molecular formula is C14H13FN4O2. The van der Waals surface area contributed by atoms with E-state index in [2.05, 4.69) is 15.3 Å². The minimum absolute atomic E-state index is 0.00100. The second kappa shape index (κ2) is 5.01. The molecular weight excluding hydrogens is 275 g/mol. The third-order valence-electron chi connectivity index (χ3n) is 3.29. The number of carbonyl (C=O) groups excluding carboxylic acids is 2. The van der Waals surface area contributed by atoms with Gasteiger partial charge in [0.05, 0.1) is 25.0 Å². The van der Waals surface area contributed by atoms with Crippen LogP contribution in [-0.4, -0.2) is 33.4 Å². The quantitative estimate of drug-likeness (QED) is 0.842. The fourth-order valence-electron chi connectivity index (χ4n) is 2.18. The molecule has 0 bridgehead atoms. The van der Waals surface area contributed by atoms with Crippen molar-refractivity contribution in [2.45, 2.75) is 13.5 Å². The molecule has 1 aromatic heterocycles. The lowest BCUT2D eigenvalue weighted by molar-refractivity contribution is -0.125. The minimum Gasteiger partial charge on any atom is -0.340 e. The molecule has 108 valence electrons. The summed E-state index contributed by atoms with van der Waals surface area (Å²) in [5, 5.41) is 2.43. The maximum absolute atomic E-state index is 13.9. The van der Waals surface area contributed by atoms with E-state index >= 15 is 0 Å². The Kier molecular flexibility index (Phi) is 3.17. The van der Waals surface area contributed by atoms with Gasteiger partial charge in [0.2, 0.25) is 5.91 Å². The standard InChI is InChI=1S/C14H13FN4O2/c1-8-2-3-9(10(15)4-8)11-5-16-12(18-11)7-19-13(20)6-17-14(19)21/h2-5H,6-7H2,1H3,(H,16,18)(H,17,21). The van der Waals surface area contributed by atoms with Crippen LogP contribution in [0.5, 0.6) is 0 Å². The molecule has 7 heteroatoms. The summed E-state index contributed by atoms with van der Waals surface area (Å²) in [5.41, 5.74) is 1.74. The molecule has 1 aliphatic rings. The third-order valence-corrected chi connectivity index (χ3v) is 3.29. The molecule has 0 atom stereocenters. The smallest absolute Gasteiger partial charge is 0.325 e. The van der Waals surface area contributed by atoms with Gasteiger partial charge >= 0.3 is 6.03 Å². The van der Waals surface area contributed by atoms with Crippen LogP contribution in [0.2, 0.25) is 0 Å². The van der Waals surface area contributed by atoms with Crippen LogP contribution in [-0.2, 0) is 11.3 Å². The van der Waals surface area contributed by atoms with Crippen LogP contribution in [0.1, 0.15) is 11.4 Å². The molecule has 6 nitrogen and oxygen atoms in total. The van der Waals surface area contributed by atoms with Gasteiger partial charge < -0.3 is 10.3 Å². The van der Waals surface area contributed by atoms with Gasteiger partial charge in [-0.25, -0.2) is 14.2 Å². The van der Waals surface area contributed by atoms with E-state index in [-0.39, 0.29) is 24.8 Å². The largest absolute Gasteiger partial charge is 0.340 e. The van der Waals surface area contributed by atoms with Crippen molar-refractivity contribution >= 4 is 11.9 Å². The first-order valence-corrected chi connectivity index (χ1v) is 6.43. The first-order valence-electron chi connectivity index (χ1n) is 6.43. The summed E-state index contributed by atoms with van der Waals surface area (Å²) in [7, 11) is 0. The molecule has 1 fully saturated rings. The summed E-state index contributed by atoms with van der Waals surface area (Å²) in [6.07, 6.45) is 1.49. The number of aromatic amines is 1. The summed E-state index contributed by atoms with van der Waals surface area (Å²) >= 11 is 0. The van der Waals surface area contributed by atoms with Gasteiger partial charge in [0.15, 0.2) is 0 Å². The number of nitrogens with zero attached hydrogens (tertiary/aromatic N) is 2. The van der Waals surface area contributed by atoms with Gasteiger partial charge in [0.25, 0.3) is 0 Å². The lowest BCUT2D eigenvalue weighted by Crippen LogP contribution is -2.30. The van der Waals surface area contributed by atoms with E-state index in [1.807, 2.05) is 6.92 Å². The molecule has 0 aliphatic carbocycles. The number of H-pyrrole nitrogens is 1. The first kappa shape index (κ1) is 13.3. The molecule has 1 saturated heterocycles. The van der Waals surface area contributed by atoms with E-state index in [1.54, 1.807) is 12.1 Å². The summed E-state index contributed by atoms with van der Waals surface area (Å²) in [4.78, 5) is 31.0. The highest BCUT2D eigenvalue weighted by atomic mass is 19.1. The van der Waals surface area contributed by atoms with Crippen LogP contribution in [0.25, 0.3) is 11.3 Å². The Morgan fingerprint density at radius 1 is 1.38 bits per heavy atom. The van der Waals surface area contributed by atoms with Crippen LogP contribution in [0.4, 0.5) is 9.18 Å². The molecule has 2 N–H and O–H groups in total. The number of hydrogen-bond acceptors (Lipinski definition) is 3. The SMILES string of the molecule is Cc1ccc(-c2cnc(CN3C(=O)CNC3=O)[nH]2)c(F)c1. The molecule has 21 heavy (non-hydrogen) atoms. The number of halogens is 1. The molecule has 0 spiro atoms. The Bertz CT molecular complexity index is 710. The van der Waals surface area contributed by atoms with Crippen LogP contribution in [0, 0.1) is 12.7 Å². The normalized spacial score (nSPS) is 14.7. The summed E-state index contributed by atoms with van der Waals surface area (Å²) in [6.45, 7) is 1.85. The van der Waals surface area contributed by atoms with Gasteiger partial charge in [-0.05, 0) is 24.6 Å². The van der Waals surface area contributed by atoms with Crippen LogP contribution < -0.4 is 5.32 Å². The number of benzene rings is 1. The monoisotopic (exact) mass is 288 g/mol. The van der Waals surface area contributed by atoms with E-state index in [4.69, 9.17) is 0 Å². The Labute approximate surface area is 120 Å². The number of imidazole rings is 1.